The van der Waals surface area contributed by atoms with Gasteiger partial charge in [-0.25, -0.2) is 4.79 Å². The fourth-order valence-corrected chi connectivity index (χ4v) is 1.75. The molecule has 0 radical (unpaired) electrons. The van der Waals surface area contributed by atoms with E-state index in [0.29, 0.717) is 4.47 Å². The van der Waals surface area contributed by atoms with Crippen LogP contribution in [0.3, 0.4) is 0 Å². The van der Waals surface area contributed by atoms with E-state index in [1.54, 1.807) is 0 Å². The highest BCUT2D eigenvalue weighted by molar-refractivity contribution is 9.10. The number of hydrogen-bond acceptors (Lipinski definition) is 5. The summed E-state index contributed by atoms with van der Waals surface area (Å²) >= 11 is 3.07. The molecule has 0 heterocycles. The molecule has 0 fully saturated rings. The third-order valence-corrected chi connectivity index (χ3v) is 2.58. The fraction of sp³-hybridized carbons (Fsp3) is 0.200. The van der Waals surface area contributed by atoms with E-state index in [0.717, 1.165) is 7.11 Å². The van der Waals surface area contributed by atoms with Crippen LogP contribution in [-0.4, -0.2) is 29.3 Å². The van der Waals surface area contributed by atoms with E-state index < -0.39 is 23.7 Å². The van der Waals surface area contributed by atoms with Gasteiger partial charge in [0.2, 0.25) is 0 Å². The molecule has 6 nitrogen and oxygen atoms in total. The number of carbonyl (C=O) groups is 2. The lowest BCUT2D eigenvalue weighted by molar-refractivity contribution is -0.142. The first-order chi connectivity index (χ1) is 7.88. The van der Waals surface area contributed by atoms with Crippen molar-refractivity contribution < 1.29 is 24.5 Å². The predicted octanol–water partition coefficient (Wildman–Crippen LogP) is 1.45. The van der Waals surface area contributed by atoms with Crippen molar-refractivity contribution in [1.29, 1.82) is 0 Å². The second-order valence-corrected chi connectivity index (χ2v) is 4.11. The number of ether oxygens (including phenoxy) is 1. The number of phenols is 1. The van der Waals surface area contributed by atoms with Crippen LogP contribution in [0.5, 0.6) is 5.75 Å². The van der Waals surface area contributed by atoms with Gasteiger partial charge in [0.1, 0.15) is 17.4 Å². The number of aromatic carboxylic acids is 1. The number of aromatic hydroxyl groups is 1. The topological polar surface area (TPSA) is 110 Å². The first kappa shape index (κ1) is 16.7. The van der Waals surface area contributed by atoms with Crippen LogP contribution >= 0.6 is 28.3 Å². The van der Waals surface area contributed by atoms with Crippen LogP contribution in [-0.2, 0) is 9.53 Å². The molecule has 1 rings (SSSR count). The summed E-state index contributed by atoms with van der Waals surface area (Å²) in [5.41, 5.74) is 5.19. The van der Waals surface area contributed by atoms with Crippen LogP contribution in [0.1, 0.15) is 22.0 Å². The van der Waals surface area contributed by atoms with Crippen LogP contribution in [0.15, 0.2) is 16.6 Å². The molecule has 0 saturated heterocycles. The van der Waals surface area contributed by atoms with Gasteiger partial charge in [-0.1, -0.05) is 15.9 Å². The highest BCUT2D eigenvalue weighted by Gasteiger charge is 2.24. The van der Waals surface area contributed by atoms with Gasteiger partial charge in [0, 0.05) is 10.0 Å². The largest absolute Gasteiger partial charge is 0.507 e. The van der Waals surface area contributed by atoms with Gasteiger partial charge in [0.15, 0.2) is 0 Å². The summed E-state index contributed by atoms with van der Waals surface area (Å²) in [6, 6.07) is 1.34. The van der Waals surface area contributed by atoms with Crippen molar-refractivity contribution in [2.24, 2.45) is 5.73 Å². The molecule has 0 amide bonds. The van der Waals surface area contributed by atoms with Gasteiger partial charge in [-0.05, 0) is 12.1 Å². The number of halogens is 2. The second kappa shape index (κ2) is 6.58. The standard InChI is InChI=1S/C10H10BrNO5.ClH/c1-17-10(16)7(12)5-2-4(11)3-6(8(5)13)9(14)15;/h2-3,7,13H,12H2,1H3,(H,14,15);1H/t7-;/m0./s1. The number of carboxylic acid groups (broad SMARTS) is 1. The van der Waals surface area contributed by atoms with E-state index in [2.05, 4.69) is 20.7 Å². The van der Waals surface area contributed by atoms with Crippen molar-refractivity contribution in [2.75, 3.05) is 7.11 Å². The number of carbonyl (C=O) groups excluding carboxylic acids is 1. The van der Waals surface area contributed by atoms with Crippen LogP contribution in [0.25, 0.3) is 0 Å². The van der Waals surface area contributed by atoms with Gasteiger partial charge >= 0.3 is 11.9 Å². The number of methoxy groups -OCH3 is 1. The van der Waals surface area contributed by atoms with Gasteiger partial charge < -0.3 is 20.7 Å². The summed E-state index contributed by atoms with van der Waals surface area (Å²) in [7, 11) is 1.15. The van der Waals surface area contributed by atoms with E-state index in [9.17, 15) is 14.7 Å². The predicted molar refractivity (Wildman–Crippen MR) is 69.0 cm³/mol. The minimum absolute atomic E-state index is 0. The van der Waals surface area contributed by atoms with Crippen LogP contribution in [0, 0.1) is 0 Å². The molecule has 0 spiro atoms. The summed E-state index contributed by atoms with van der Waals surface area (Å²) in [6.45, 7) is 0. The second-order valence-electron chi connectivity index (χ2n) is 3.20. The lowest BCUT2D eigenvalue weighted by atomic mass is 10.0. The quantitative estimate of drug-likeness (QED) is 0.718. The highest BCUT2D eigenvalue weighted by atomic mass is 79.9. The SMILES string of the molecule is COC(=O)[C@@H](N)c1cc(Br)cc(C(=O)O)c1O.Cl. The minimum Gasteiger partial charge on any atom is -0.507 e. The summed E-state index contributed by atoms with van der Waals surface area (Å²) in [4.78, 5) is 22.1. The molecule has 4 N–H and O–H groups in total. The summed E-state index contributed by atoms with van der Waals surface area (Å²) in [5.74, 6) is -2.63. The maximum Gasteiger partial charge on any atom is 0.339 e. The Morgan fingerprint density at radius 3 is 2.44 bits per heavy atom. The molecule has 0 saturated carbocycles. The molecular weight excluding hydrogens is 329 g/mol. The lowest BCUT2D eigenvalue weighted by Gasteiger charge is -2.13. The Kier molecular flexibility index (Phi) is 6.10. The normalized spacial score (nSPS) is 11.3. The smallest absolute Gasteiger partial charge is 0.339 e. The van der Waals surface area contributed by atoms with Gasteiger partial charge in [0.25, 0.3) is 0 Å². The number of nitrogens with two attached hydrogens (primary N) is 1. The zero-order valence-corrected chi connectivity index (χ0v) is 11.6. The molecule has 0 aliphatic rings. The Bertz CT molecular complexity index is 480. The van der Waals surface area contributed by atoms with Gasteiger partial charge in [-0.3, -0.25) is 4.79 Å². The molecule has 8 heteroatoms. The summed E-state index contributed by atoms with van der Waals surface area (Å²) < 4.78 is 4.81. The zero-order chi connectivity index (χ0) is 13.2. The number of hydrogen-bond donors (Lipinski definition) is 3. The Morgan fingerprint density at radius 2 is 2.00 bits per heavy atom. The van der Waals surface area contributed by atoms with Crippen LogP contribution in [0.4, 0.5) is 0 Å². The van der Waals surface area contributed by atoms with Crippen molar-refractivity contribution in [3.8, 4) is 5.75 Å². The molecule has 100 valence electrons. The summed E-state index contributed by atoms with van der Waals surface area (Å²) in [5, 5.41) is 18.6. The zero-order valence-electron chi connectivity index (χ0n) is 9.21. The number of carboxylic acids is 1. The third-order valence-electron chi connectivity index (χ3n) is 2.12. The molecule has 1 atom stereocenters. The molecule has 18 heavy (non-hydrogen) atoms. The molecule has 0 aromatic heterocycles. The maximum atomic E-state index is 11.2. The molecule has 0 aliphatic carbocycles. The Labute approximate surface area is 117 Å². The number of benzene rings is 1. The van der Waals surface area contributed by atoms with Gasteiger partial charge in [0.05, 0.1) is 7.11 Å². The number of esters is 1. The minimum atomic E-state index is -1.32. The first-order valence-corrected chi connectivity index (χ1v) is 5.27. The molecule has 1 aromatic carbocycles. The molecule has 1 aromatic rings. The maximum absolute atomic E-state index is 11.2. The first-order valence-electron chi connectivity index (χ1n) is 4.47. The van der Waals surface area contributed by atoms with Crippen LogP contribution < -0.4 is 5.73 Å². The van der Waals surface area contributed by atoms with Crippen LogP contribution in [0.2, 0.25) is 0 Å². The monoisotopic (exact) mass is 339 g/mol. The molecular formula is C10H11BrClNO5. The molecule has 0 aliphatic heterocycles. The van der Waals surface area contributed by atoms with E-state index in [4.69, 9.17) is 10.8 Å². The molecule has 0 unspecified atom stereocenters. The summed E-state index contributed by atoms with van der Waals surface area (Å²) in [6.07, 6.45) is 0. The van der Waals surface area contributed by atoms with Crippen molar-refractivity contribution in [3.05, 3.63) is 27.7 Å². The van der Waals surface area contributed by atoms with E-state index in [1.807, 2.05) is 0 Å². The average Bonchev–Trinajstić information content (AvgIpc) is 2.29. The Hall–Kier alpha value is -1.31. The Balaban J connectivity index is 0.00000289. The van der Waals surface area contributed by atoms with E-state index >= 15 is 0 Å². The number of rotatable bonds is 3. The third kappa shape index (κ3) is 3.34. The van der Waals surface area contributed by atoms with Crippen molar-refractivity contribution >= 4 is 40.3 Å². The fourth-order valence-electron chi connectivity index (χ4n) is 1.27. The highest BCUT2D eigenvalue weighted by Crippen LogP contribution is 2.31. The average molecular weight is 341 g/mol. The van der Waals surface area contributed by atoms with Gasteiger partial charge in [-0.2, -0.15) is 0 Å². The van der Waals surface area contributed by atoms with Gasteiger partial charge in [-0.15, -0.1) is 12.4 Å². The Morgan fingerprint density at radius 1 is 1.44 bits per heavy atom. The van der Waals surface area contributed by atoms with Crippen molar-refractivity contribution in [3.63, 3.8) is 0 Å². The van der Waals surface area contributed by atoms with E-state index in [1.165, 1.54) is 12.1 Å². The van der Waals surface area contributed by atoms with Crippen molar-refractivity contribution in [1.82, 2.24) is 0 Å². The lowest BCUT2D eigenvalue weighted by Crippen LogP contribution is -2.23. The molecule has 0 bridgehead atoms. The van der Waals surface area contributed by atoms with Crippen molar-refractivity contribution in [2.45, 2.75) is 6.04 Å². The van der Waals surface area contributed by atoms with E-state index in [-0.39, 0.29) is 23.5 Å².